The van der Waals surface area contributed by atoms with E-state index >= 15 is 0 Å². The Hall–Kier alpha value is -1.00. The van der Waals surface area contributed by atoms with Crippen molar-refractivity contribution in [3.05, 3.63) is 45.7 Å². The van der Waals surface area contributed by atoms with Gasteiger partial charge in [0.1, 0.15) is 17.3 Å². The number of hydrogen-bond acceptors (Lipinski definition) is 3. The molecular formula is C13H16BrNO2. The molecule has 2 aromatic rings. The Balaban J connectivity index is 2.38. The van der Waals surface area contributed by atoms with Crippen LogP contribution in [0.5, 0.6) is 0 Å². The average molecular weight is 298 g/mol. The van der Waals surface area contributed by atoms with Crippen LogP contribution in [0.3, 0.4) is 0 Å². The van der Waals surface area contributed by atoms with Gasteiger partial charge in [-0.3, -0.25) is 0 Å². The summed E-state index contributed by atoms with van der Waals surface area (Å²) in [5.74, 6) is 2.75. The number of furan rings is 2. The Morgan fingerprint density at radius 2 is 2.06 bits per heavy atom. The highest BCUT2D eigenvalue weighted by atomic mass is 79.9. The highest BCUT2D eigenvalue weighted by Gasteiger charge is 2.21. The molecule has 2 rings (SSSR count). The van der Waals surface area contributed by atoms with Crippen LogP contribution in [-0.4, -0.2) is 6.54 Å². The van der Waals surface area contributed by atoms with Crippen molar-refractivity contribution in [1.82, 2.24) is 5.32 Å². The van der Waals surface area contributed by atoms with E-state index in [2.05, 4.69) is 34.2 Å². The maximum Gasteiger partial charge on any atom is 0.169 e. The first-order valence-electron chi connectivity index (χ1n) is 5.67. The molecule has 0 aromatic carbocycles. The number of rotatable bonds is 4. The summed E-state index contributed by atoms with van der Waals surface area (Å²) in [5, 5.41) is 3.41. The molecule has 2 heterocycles. The van der Waals surface area contributed by atoms with E-state index in [1.54, 1.807) is 0 Å². The monoisotopic (exact) mass is 297 g/mol. The van der Waals surface area contributed by atoms with Gasteiger partial charge in [0.15, 0.2) is 4.67 Å². The standard InChI is InChI=1S/C13H16BrNO2/c1-4-15-13(11-5-6-12(14)17-11)10-7-8(2)16-9(10)3/h5-7,13,15H,4H2,1-3H3. The third-order valence-electron chi connectivity index (χ3n) is 2.68. The van der Waals surface area contributed by atoms with Gasteiger partial charge in [-0.05, 0) is 54.5 Å². The fourth-order valence-corrected chi connectivity index (χ4v) is 2.31. The SMILES string of the molecule is CCNC(c1ccc(Br)o1)c1cc(C)oc1C. The summed E-state index contributed by atoms with van der Waals surface area (Å²) in [6.07, 6.45) is 0. The predicted molar refractivity (Wildman–Crippen MR) is 70.1 cm³/mol. The maximum absolute atomic E-state index is 5.63. The molecule has 0 amide bonds. The molecule has 4 heteroatoms. The van der Waals surface area contributed by atoms with Crippen LogP contribution in [0.2, 0.25) is 0 Å². The Kier molecular flexibility index (Phi) is 3.74. The number of hydrogen-bond donors (Lipinski definition) is 1. The molecular weight excluding hydrogens is 282 g/mol. The topological polar surface area (TPSA) is 38.3 Å². The summed E-state index contributed by atoms with van der Waals surface area (Å²) in [7, 11) is 0. The lowest BCUT2D eigenvalue weighted by atomic mass is 10.1. The van der Waals surface area contributed by atoms with Crippen LogP contribution in [0, 0.1) is 13.8 Å². The fourth-order valence-electron chi connectivity index (χ4n) is 1.99. The van der Waals surface area contributed by atoms with Crippen molar-refractivity contribution >= 4 is 15.9 Å². The van der Waals surface area contributed by atoms with Gasteiger partial charge in [0.2, 0.25) is 0 Å². The van der Waals surface area contributed by atoms with Gasteiger partial charge < -0.3 is 14.2 Å². The normalized spacial score (nSPS) is 12.9. The van der Waals surface area contributed by atoms with Crippen molar-refractivity contribution in [2.45, 2.75) is 26.8 Å². The lowest BCUT2D eigenvalue weighted by Crippen LogP contribution is -2.21. The lowest BCUT2D eigenvalue weighted by molar-refractivity contribution is 0.430. The predicted octanol–water partition coefficient (Wildman–Crippen LogP) is 3.95. The van der Waals surface area contributed by atoms with Crippen LogP contribution in [-0.2, 0) is 0 Å². The summed E-state index contributed by atoms with van der Waals surface area (Å²) < 4.78 is 11.9. The van der Waals surface area contributed by atoms with Gasteiger partial charge in [0, 0.05) is 5.56 Å². The van der Waals surface area contributed by atoms with E-state index in [0.717, 1.165) is 34.1 Å². The molecule has 0 aliphatic carbocycles. The fraction of sp³-hybridized carbons (Fsp3) is 0.385. The molecule has 0 aliphatic rings. The van der Waals surface area contributed by atoms with E-state index in [-0.39, 0.29) is 6.04 Å². The van der Waals surface area contributed by atoms with Crippen molar-refractivity contribution in [2.75, 3.05) is 6.54 Å². The van der Waals surface area contributed by atoms with Gasteiger partial charge in [-0.25, -0.2) is 0 Å². The van der Waals surface area contributed by atoms with Crippen LogP contribution in [0.15, 0.2) is 31.7 Å². The van der Waals surface area contributed by atoms with Gasteiger partial charge in [0.05, 0.1) is 6.04 Å². The van der Waals surface area contributed by atoms with Crippen LogP contribution < -0.4 is 5.32 Å². The van der Waals surface area contributed by atoms with Crippen molar-refractivity contribution in [3.63, 3.8) is 0 Å². The summed E-state index contributed by atoms with van der Waals surface area (Å²) in [6, 6.07) is 5.98. The van der Waals surface area contributed by atoms with Gasteiger partial charge in [-0.15, -0.1) is 0 Å². The van der Waals surface area contributed by atoms with Crippen LogP contribution in [0.25, 0.3) is 0 Å². The van der Waals surface area contributed by atoms with E-state index < -0.39 is 0 Å². The zero-order valence-electron chi connectivity index (χ0n) is 10.2. The van der Waals surface area contributed by atoms with Crippen molar-refractivity contribution in [3.8, 4) is 0 Å². The van der Waals surface area contributed by atoms with E-state index in [9.17, 15) is 0 Å². The molecule has 0 fully saturated rings. The van der Waals surface area contributed by atoms with Crippen molar-refractivity contribution < 1.29 is 8.83 Å². The quantitative estimate of drug-likeness (QED) is 0.928. The third-order valence-corrected chi connectivity index (χ3v) is 3.10. The molecule has 92 valence electrons. The maximum atomic E-state index is 5.63. The summed E-state index contributed by atoms with van der Waals surface area (Å²) in [4.78, 5) is 0. The number of aryl methyl sites for hydroxylation is 2. The minimum atomic E-state index is 0.0451. The number of halogens is 1. The molecule has 0 bridgehead atoms. The van der Waals surface area contributed by atoms with Gasteiger partial charge >= 0.3 is 0 Å². The second kappa shape index (κ2) is 5.10. The Labute approximate surface area is 109 Å². The molecule has 2 aromatic heterocycles. The highest BCUT2D eigenvalue weighted by molar-refractivity contribution is 9.10. The molecule has 0 saturated heterocycles. The first-order valence-corrected chi connectivity index (χ1v) is 6.46. The lowest BCUT2D eigenvalue weighted by Gasteiger charge is -2.14. The molecule has 0 saturated carbocycles. The molecule has 3 nitrogen and oxygen atoms in total. The zero-order valence-corrected chi connectivity index (χ0v) is 11.8. The average Bonchev–Trinajstić information content (AvgIpc) is 2.82. The molecule has 0 aliphatic heterocycles. The Morgan fingerprint density at radius 1 is 1.29 bits per heavy atom. The summed E-state index contributed by atoms with van der Waals surface area (Å²) in [6.45, 7) is 6.88. The first kappa shape index (κ1) is 12.5. The van der Waals surface area contributed by atoms with E-state index in [1.165, 1.54) is 0 Å². The minimum absolute atomic E-state index is 0.0451. The summed E-state index contributed by atoms with van der Waals surface area (Å²) in [5.41, 5.74) is 1.13. The first-order chi connectivity index (χ1) is 8.11. The zero-order chi connectivity index (χ0) is 12.4. The van der Waals surface area contributed by atoms with Crippen LogP contribution in [0.1, 0.15) is 35.8 Å². The van der Waals surface area contributed by atoms with E-state index in [1.807, 2.05) is 26.0 Å². The second-order valence-electron chi connectivity index (χ2n) is 4.00. The van der Waals surface area contributed by atoms with Gasteiger partial charge in [-0.1, -0.05) is 6.92 Å². The van der Waals surface area contributed by atoms with Crippen LogP contribution >= 0.6 is 15.9 Å². The smallest absolute Gasteiger partial charge is 0.169 e. The number of nitrogens with one attached hydrogen (secondary N) is 1. The van der Waals surface area contributed by atoms with Crippen molar-refractivity contribution in [2.24, 2.45) is 0 Å². The minimum Gasteiger partial charge on any atom is -0.466 e. The molecule has 0 radical (unpaired) electrons. The Morgan fingerprint density at radius 3 is 2.53 bits per heavy atom. The van der Waals surface area contributed by atoms with Crippen LogP contribution in [0.4, 0.5) is 0 Å². The second-order valence-corrected chi connectivity index (χ2v) is 4.78. The molecule has 17 heavy (non-hydrogen) atoms. The van der Waals surface area contributed by atoms with Gasteiger partial charge in [0.25, 0.3) is 0 Å². The molecule has 0 spiro atoms. The molecule has 1 atom stereocenters. The largest absolute Gasteiger partial charge is 0.466 e. The molecule has 1 N–H and O–H groups in total. The summed E-state index contributed by atoms with van der Waals surface area (Å²) >= 11 is 3.33. The molecule has 1 unspecified atom stereocenters. The Bertz CT molecular complexity index is 501. The third kappa shape index (κ3) is 2.64. The van der Waals surface area contributed by atoms with Crippen molar-refractivity contribution in [1.29, 1.82) is 0 Å². The van der Waals surface area contributed by atoms with E-state index in [0.29, 0.717) is 0 Å². The van der Waals surface area contributed by atoms with E-state index in [4.69, 9.17) is 8.83 Å². The van der Waals surface area contributed by atoms with Gasteiger partial charge in [-0.2, -0.15) is 0 Å². The highest BCUT2D eigenvalue weighted by Crippen LogP contribution is 2.29.